The fourth-order valence-corrected chi connectivity index (χ4v) is 3.54. The second kappa shape index (κ2) is 12.9. The molecule has 1 aliphatic rings. The Morgan fingerprint density at radius 3 is 2.33 bits per heavy atom. The van der Waals surface area contributed by atoms with Crippen molar-refractivity contribution in [1.29, 1.82) is 0 Å². The fourth-order valence-electron chi connectivity index (χ4n) is 3.54. The molecule has 7 nitrogen and oxygen atoms in total. The molecule has 30 heavy (non-hydrogen) atoms. The Labute approximate surface area is 182 Å². The van der Waals surface area contributed by atoms with Crippen LogP contribution in [0.1, 0.15) is 38.8 Å². The van der Waals surface area contributed by atoms with E-state index in [-0.39, 0.29) is 0 Å². The van der Waals surface area contributed by atoms with Gasteiger partial charge in [-0.05, 0) is 38.1 Å². The summed E-state index contributed by atoms with van der Waals surface area (Å²) in [6.07, 6.45) is 0. The van der Waals surface area contributed by atoms with Crippen LogP contribution in [0.15, 0.2) is 29.3 Å². The summed E-state index contributed by atoms with van der Waals surface area (Å²) >= 11 is 0. The highest BCUT2D eigenvalue weighted by molar-refractivity contribution is 5.79. The first-order chi connectivity index (χ1) is 14.5. The number of nitrogens with one attached hydrogen (secondary N) is 2. The van der Waals surface area contributed by atoms with Gasteiger partial charge in [-0.15, -0.1) is 0 Å². The van der Waals surface area contributed by atoms with Crippen LogP contribution in [0.5, 0.6) is 0 Å². The zero-order valence-electron chi connectivity index (χ0n) is 19.3. The highest BCUT2D eigenvalue weighted by Gasteiger charge is 2.25. The monoisotopic (exact) mass is 419 g/mol. The lowest BCUT2D eigenvalue weighted by molar-refractivity contribution is -0.0201. The minimum absolute atomic E-state index is 0.443. The summed E-state index contributed by atoms with van der Waals surface area (Å²) in [5.41, 5.74) is 1.67. The molecule has 1 atom stereocenters. The van der Waals surface area contributed by atoms with Gasteiger partial charge in [0.1, 0.15) is 0 Å². The van der Waals surface area contributed by atoms with Crippen molar-refractivity contribution >= 4 is 5.96 Å². The third kappa shape index (κ3) is 9.00. The van der Waals surface area contributed by atoms with Gasteiger partial charge in [-0.3, -0.25) is 9.80 Å². The lowest BCUT2D eigenvalue weighted by Crippen LogP contribution is -2.52. The second-order valence-corrected chi connectivity index (χ2v) is 8.21. The molecular formula is C23H41N5O2. The van der Waals surface area contributed by atoms with Gasteiger partial charge < -0.3 is 20.5 Å². The van der Waals surface area contributed by atoms with Crippen LogP contribution in [0.2, 0.25) is 0 Å². The van der Waals surface area contributed by atoms with Gasteiger partial charge in [-0.1, -0.05) is 38.1 Å². The quantitative estimate of drug-likeness (QED) is 0.374. The summed E-state index contributed by atoms with van der Waals surface area (Å²) in [6, 6.07) is 8.69. The third-order valence-electron chi connectivity index (χ3n) is 5.39. The first-order valence-electron chi connectivity index (χ1n) is 11.3. The highest BCUT2D eigenvalue weighted by atomic mass is 16.5. The molecule has 0 radical (unpaired) electrons. The maximum Gasteiger partial charge on any atom is 0.191 e. The molecule has 1 unspecified atom stereocenters. The van der Waals surface area contributed by atoms with Gasteiger partial charge in [-0.25, -0.2) is 4.99 Å². The fraction of sp³-hybridized carbons (Fsp3) is 0.696. The van der Waals surface area contributed by atoms with E-state index < -0.39 is 5.60 Å². The van der Waals surface area contributed by atoms with E-state index in [2.05, 4.69) is 58.5 Å². The maximum absolute atomic E-state index is 10.8. The molecule has 170 valence electrons. The van der Waals surface area contributed by atoms with Crippen molar-refractivity contribution < 1.29 is 9.84 Å². The SMILES string of the molecule is CCNC(=NCc1ccc(CN(CC)CC)cc1)NCC(C)(O)CN1CCOCC1. The average Bonchev–Trinajstić information content (AvgIpc) is 2.75. The Bertz CT molecular complexity index is 623. The van der Waals surface area contributed by atoms with Gasteiger partial charge in [0.25, 0.3) is 0 Å². The number of ether oxygens (including phenoxy) is 1. The Balaban J connectivity index is 1.87. The molecule has 3 N–H and O–H groups in total. The first-order valence-corrected chi connectivity index (χ1v) is 11.3. The third-order valence-corrected chi connectivity index (χ3v) is 5.39. The van der Waals surface area contributed by atoms with E-state index in [1.54, 1.807) is 0 Å². The van der Waals surface area contributed by atoms with E-state index in [1.165, 1.54) is 11.1 Å². The molecule has 0 spiro atoms. The summed E-state index contributed by atoms with van der Waals surface area (Å²) < 4.78 is 5.39. The van der Waals surface area contributed by atoms with Gasteiger partial charge in [0.05, 0.1) is 25.4 Å². The zero-order chi connectivity index (χ0) is 21.8. The molecule has 0 aliphatic carbocycles. The molecular weight excluding hydrogens is 378 g/mol. The molecule has 1 aromatic carbocycles. The summed E-state index contributed by atoms with van der Waals surface area (Å²) in [6.45, 7) is 17.1. The molecule has 0 aromatic heterocycles. The Kier molecular flexibility index (Phi) is 10.6. The molecule has 7 heteroatoms. The number of benzene rings is 1. The van der Waals surface area contributed by atoms with Crippen molar-refractivity contribution in [3.05, 3.63) is 35.4 Å². The van der Waals surface area contributed by atoms with Crippen LogP contribution in [0.3, 0.4) is 0 Å². The van der Waals surface area contributed by atoms with Crippen LogP contribution >= 0.6 is 0 Å². The molecule has 1 fully saturated rings. The maximum atomic E-state index is 10.8. The number of hydrogen-bond acceptors (Lipinski definition) is 5. The molecule has 1 aromatic rings. The molecule has 1 saturated heterocycles. The van der Waals surface area contributed by atoms with Crippen molar-refractivity contribution in [2.75, 3.05) is 59.0 Å². The van der Waals surface area contributed by atoms with Gasteiger partial charge in [0.2, 0.25) is 0 Å². The van der Waals surface area contributed by atoms with Crippen LogP contribution in [0.4, 0.5) is 0 Å². The summed E-state index contributed by atoms with van der Waals surface area (Å²) in [4.78, 5) is 9.35. The average molecular weight is 420 g/mol. The van der Waals surface area contributed by atoms with Gasteiger partial charge >= 0.3 is 0 Å². The van der Waals surface area contributed by atoms with Crippen molar-refractivity contribution in [2.45, 2.75) is 46.4 Å². The van der Waals surface area contributed by atoms with Gasteiger partial charge in [-0.2, -0.15) is 0 Å². The van der Waals surface area contributed by atoms with E-state index in [0.717, 1.165) is 58.4 Å². The number of rotatable bonds is 11. The topological polar surface area (TPSA) is 72.4 Å². The number of guanidine groups is 1. The minimum atomic E-state index is -0.834. The Hall–Kier alpha value is -1.67. The summed E-state index contributed by atoms with van der Waals surface area (Å²) in [5, 5.41) is 17.3. The molecule has 1 aliphatic heterocycles. The Morgan fingerprint density at radius 1 is 1.10 bits per heavy atom. The van der Waals surface area contributed by atoms with Crippen LogP contribution in [0, 0.1) is 0 Å². The Morgan fingerprint density at radius 2 is 1.73 bits per heavy atom. The van der Waals surface area contributed by atoms with Crippen molar-refractivity contribution in [2.24, 2.45) is 4.99 Å². The molecule has 0 saturated carbocycles. The van der Waals surface area contributed by atoms with Crippen LogP contribution in [-0.2, 0) is 17.8 Å². The number of nitrogens with zero attached hydrogens (tertiary/aromatic N) is 3. The number of morpholine rings is 1. The standard InChI is InChI=1S/C23H41N5O2/c1-5-24-22(26-18-23(4,29)19-28-12-14-30-15-13-28)25-16-20-8-10-21(11-9-20)17-27(6-2)7-3/h8-11,29H,5-7,12-19H2,1-4H3,(H2,24,25,26). The van der Waals surface area contributed by atoms with Gasteiger partial charge in [0, 0.05) is 39.3 Å². The van der Waals surface area contributed by atoms with E-state index in [0.29, 0.717) is 19.6 Å². The van der Waals surface area contributed by atoms with E-state index in [9.17, 15) is 5.11 Å². The molecule has 0 bridgehead atoms. The van der Waals surface area contributed by atoms with E-state index in [4.69, 9.17) is 9.73 Å². The molecule has 1 heterocycles. The van der Waals surface area contributed by atoms with Crippen molar-refractivity contribution in [3.63, 3.8) is 0 Å². The smallest absolute Gasteiger partial charge is 0.191 e. The van der Waals surface area contributed by atoms with Crippen LogP contribution in [0.25, 0.3) is 0 Å². The molecule has 2 rings (SSSR count). The van der Waals surface area contributed by atoms with E-state index >= 15 is 0 Å². The van der Waals surface area contributed by atoms with Crippen molar-refractivity contribution in [1.82, 2.24) is 20.4 Å². The summed E-state index contributed by atoms with van der Waals surface area (Å²) in [5.74, 6) is 0.729. The zero-order valence-corrected chi connectivity index (χ0v) is 19.3. The van der Waals surface area contributed by atoms with E-state index in [1.807, 2.05) is 13.8 Å². The van der Waals surface area contributed by atoms with Crippen LogP contribution < -0.4 is 10.6 Å². The number of aliphatic hydroxyl groups is 1. The largest absolute Gasteiger partial charge is 0.387 e. The predicted molar refractivity (Wildman–Crippen MR) is 124 cm³/mol. The lowest BCUT2D eigenvalue weighted by Gasteiger charge is -2.34. The first kappa shape index (κ1) is 24.6. The predicted octanol–water partition coefficient (Wildman–Crippen LogP) is 1.67. The van der Waals surface area contributed by atoms with Crippen LogP contribution in [-0.4, -0.2) is 85.5 Å². The number of β-amino-alcohol motifs (C(OH)–C–C–N with tert-alkyl or cyclic N) is 1. The number of hydrogen-bond donors (Lipinski definition) is 3. The lowest BCUT2D eigenvalue weighted by atomic mass is 10.1. The highest BCUT2D eigenvalue weighted by Crippen LogP contribution is 2.10. The molecule has 0 amide bonds. The summed E-state index contributed by atoms with van der Waals surface area (Å²) in [7, 11) is 0. The van der Waals surface area contributed by atoms with Gasteiger partial charge in [0.15, 0.2) is 5.96 Å². The van der Waals surface area contributed by atoms with Crippen molar-refractivity contribution in [3.8, 4) is 0 Å². The number of aliphatic imine (C=N–C) groups is 1. The normalized spacial score (nSPS) is 17.7. The minimum Gasteiger partial charge on any atom is -0.387 e. The second-order valence-electron chi connectivity index (χ2n) is 8.21.